The van der Waals surface area contributed by atoms with Crippen molar-refractivity contribution in [2.75, 3.05) is 0 Å². The predicted molar refractivity (Wildman–Crippen MR) is 68.5 cm³/mol. The summed E-state index contributed by atoms with van der Waals surface area (Å²) in [7, 11) is 0. The van der Waals surface area contributed by atoms with E-state index in [0.717, 1.165) is 5.56 Å². The van der Waals surface area contributed by atoms with Gasteiger partial charge in [-0.15, -0.1) is 0 Å². The van der Waals surface area contributed by atoms with Crippen LogP contribution in [0.3, 0.4) is 0 Å². The fourth-order valence-corrected chi connectivity index (χ4v) is 2.01. The molecule has 2 rings (SSSR count). The van der Waals surface area contributed by atoms with Crippen LogP contribution in [-0.2, 0) is 4.79 Å². The number of rotatable bonds is 3. The smallest absolute Gasteiger partial charge is 0.321 e. The first kappa shape index (κ1) is 12.3. The number of hydrogen-bond acceptors (Lipinski definition) is 2. The molecule has 92 valence electrons. The second-order valence-electron chi connectivity index (χ2n) is 4.46. The Morgan fingerprint density at radius 1 is 1.17 bits per heavy atom. The van der Waals surface area contributed by atoms with Crippen molar-refractivity contribution >= 4 is 11.8 Å². The lowest BCUT2D eigenvalue weighted by atomic mass is 9.75. The number of hydrogen-bond donors (Lipinski definition) is 1. The molecule has 0 spiro atoms. The lowest BCUT2D eigenvalue weighted by molar-refractivity contribution is -0.143. The zero-order valence-corrected chi connectivity index (χ0v) is 10.1. The second kappa shape index (κ2) is 4.61. The Kier molecular flexibility index (Phi) is 3.15. The molecule has 1 N–H and O–H groups in total. The highest BCUT2D eigenvalue weighted by Crippen LogP contribution is 2.32. The van der Waals surface area contributed by atoms with Crippen LogP contribution in [-0.4, -0.2) is 16.9 Å². The zero-order chi connectivity index (χ0) is 13.2. The summed E-state index contributed by atoms with van der Waals surface area (Å²) in [5.74, 6) is -1.47. The van der Waals surface area contributed by atoms with Crippen LogP contribution in [0.4, 0.5) is 0 Å². The van der Waals surface area contributed by atoms with Gasteiger partial charge in [0.2, 0.25) is 0 Å². The first-order valence-electron chi connectivity index (χ1n) is 5.75. The van der Waals surface area contributed by atoms with Crippen LogP contribution in [0.5, 0.6) is 0 Å². The monoisotopic (exact) mass is 242 g/mol. The van der Waals surface area contributed by atoms with E-state index >= 15 is 0 Å². The summed E-state index contributed by atoms with van der Waals surface area (Å²) < 4.78 is 0. The number of carbonyl (C=O) groups is 2. The molecule has 0 amide bonds. The number of ketones is 1. The SMILES string of the molecule is Cc1ccc(C(=O)C2(C(=O)O)C=CC=CC2)cc1. The molecular weight excluding hydrogens is 228 g/mol. The van der Waals surface area contributed by atoms with Gasteiger partial charge in [0.1, 0.15) is 0 Å². The van der Waals surface area contributed by atoms with Crippen LogP contribution in [0, 0.1) is 12.3 Å². The molecule has 0 heterocycles. The van der Waals surface area contributed by atoms with Crippen LogP contribution >= 0.6 is 0 Å². The van der Waals surface area contributed by atoms with Gasteiger partial charge in [0.05, 0.1) is 0 Å². The van der Waals surface area contributed by atoms with Gasteiger partial charge < -0.3 is 5.11 Å². The number of aliphatic carboxylic acids is 1. The van der Waals surface area contributed by atoms with Crippen LogP contribution < -0.4 is 0 Å². The Morgan fingerprint density at radius 3 is 2.33 bits per heavy atom. The molecule has 0 aromatic heterocycles. The van der Waals surface area contributed by atoms with Crippen molar-refractivity contribution in [2.24, 2.45) is 5.41 Å². The minimum Gasteiger partial charge on any atom is -0.480 e. The van der Waals surface area contributed by atoms with E-state index in [-0.39, 0.29) is 12.2 Å². The molecule has 1 unspecified atom stereocenters. The maximum Gasteiger partial charge on any atom is 0.321 e. The van der Waals surface area contributed by atoms with Gasteiger partial charge in [-0.25, -0.2) is 0 Å². The first-order valence-corrected chi connectivity index (χ1v) is 5.75. The molecule has 0 saturated carbocycles. The van der Waals surface area contributed by atoms with E-state index in [1.165, 1.54) is 6.08 Å². The molecule has 1 aromatic carbocycles. The summed E-state index contributed by atoms with van der Waals surface area (Å²) in [6.07, 6.45) is 6.75. The van der Waals surface area contributed by atoms with Crippen molar-refractivity contribution in [3.8, 4) is 0 Å². The van der Waals surface area contributed by atoms with E-state index in [1.54, 1.807) is 30.4 Å². The van der Waals surface area contributed by atoms with E-state index < -0.39 is 11.4 Å². The highest BCUT2D eigenvalue weighted by Gasteiger charge is 2.43. The Morgan fingerprint density at radius 2 is 1.83 bits per heavy atom. The third-order valence-corrected chi connectivity index (χ3v) is 3.17. The molecule has 3 nitrogen and oxygen atoms in total. The summed E-state index contributed by atoms with van der Waals surface area (Å²) in [6, 6.07) is 6.97. The van der Waals surface area contributed by atoms with Crippen molar-refractivity contribution in [3.05, 3.63) is 59.7 Å². The van der Waals surface area contributed by atoms with Crippen LogP contribution in [0.1, 0.15) is 22.3 Å². The number of Topliss-reactive ketones (excluding diaryl/α,β-unsaturated/α-hetero) is 1. The summed E-state index contributed by atoms with van der Waals surface area (Å²) in [5.41, 5.74) is 0.0160. The highest BCUT2D eigenvalue weighted by atomic mass is 16.4. The standard InChI is InChI=1S/C15H14O3/c1-11-5-7-12(8-6-11)13(16)15(14(17)18)9-3-2-4-10-15/h2-9H,10H2,1H3,(H,17,18). The van der Waals surface area contributed by atoms with Crippen LogP contribution in [0.15, 0.2) is 48.6 Å². The summed E-state index contributed by atoms with van der Waals surface area (Å²) in [5, 5.41) is 9.37. The van der Waals surface area contributed by atoms with Gasteiger partial charge in [0.15, 0.2) is 11.2 Å². The minimum atomic E-state index is -1.45. The molecule has 0 radical (unpaired) electrons. The summed E-state index contributed by atoms with van der Waals surface area (Å²) >= 11 is 0. The number of carboxylic acids is 1. The Hall–Kier alpha value is -2.16. The number of benzene rings is 1. The molecule has 3 heteroatoms. The van der Waals surface area contributed by atoms with Gasteiger partial charge in [-0.2, -0.15) is 0 Å². The van der Waals surface area contributed by atoms with E-state index in [4.69, 9.17) is 0 Å². The van der Waals surface area contributed by atoms with Gasteiger partial charge in [-0.1, -0.05) is 54.1 Å². The average molecular weight is 242 g/mol. The number of allylic oxidation sites excluding steroid dienone is 3. The molecule has 1 atom stereocenters. The van der Waals surface area contributed by atoms with Gasteiger partial charge in [-0.3, -0.25) is 9.59 Å². The van der Waals surface area contributed by atoms with Crippen molar-refractivity contribution in [3.63, 3.8) is 0 Å². The van der Waals surface area contributed by atoms with Crippen LogP contribution in [0.25, 0.3) is 0 Å². The predicted octanol–water partition coefficient (Wildman–Crippen LogP) is 2.76. The molecule has 0 fully saturated rings. The molecule has 0 aliphatic heterocycles. The van der Waals surface area contributed by atoms with Gasteiger partial charge in [0.25, 0.3) is 0 Å². The number of aryl methyl sites for hydroxylation is 1. The van der Waals surface area contributed by atoms with Crippen molar-refractivity contribution in [2.45, 2.75) is 13.3 Å². The molecule has 1 aliphatic rings. The molecule has 18 heavy (non-hydrogen) atoms. The topological polar surface area (TPSA) is 54.4 Å². The lowest BCUT2D eigenvalue weighted by Gasteiger charge is -2.24. The van der Waals surface area contributed by atoms with Crippen LogP contribution in [0.2, 0.25) is 0 Å². The molecular formula is C15H14O3. The highest BCUT2D eigenvalue weighted by molar-refractivity contribution is 6.14. The quantitative estimate of drug-likeness (QED) is 0.655. The van der Waals surface area contributed by atoms with Crippen molar-refractivity contribution < 1.29 is 14.7 Å². The number of carbonyl (C=O) groups excluding carboxylic acids is 1. The lowest BCUT2D eigenvalue weighted by Crippen LogP contribution is -2.38. The van der Waals surface area contributed by atoms with Gasteiger partial charge >= 0.3 is 5.97 Å². The van der Waals surface area contributed by atoms with E-state index in [0.29, 0.717) is 5.56 Å². The number of carboxylic acid groups (broad SMARTS) is 1. The Balaban J connectivity index is 2.41. The largest absolute Gasteiger partial charge is 0.480 e. The zero-order valence-electron chi connectivity index (χ0n) is 10.1. The molecule has 0 saturated heterocycles. The van der Waals surface area contributed by atoms with Crippen molar-refractivity contribution in [1.82, 2.24) is 0 Å². The molecule has 0 bridgehead atoms. The Bertz CT molecular complexity index is 537. The minimum absolute atomic E-state index is 0.200. The third-order valence-electron chi connectivity index (χ3n) is 3.17. The molecule has 1 aromatic rings. The van der Waals surface area contributed by atoms with E-state index in [9.17, 15) is 14.7 Å². The van der Waals surface area contributed by atoms with E-state index in [2.05, 4.69) is 0 Å². The maximum atomic E-state index is 12.4. The summed E-state index contributed by atoms with van der Waals surface area (Å²) in [6.45, 7) is 1.92. The first-order chi connectivity index (χ1) is 8.56. The Labute approximate surface area is 105 Å². The van der Waals surface area contributed by atoms with Gasteiger partial charge in [-0.05, 0) is 13.3 Å². The van der Waals surface area contributed by atoms with E-state index in [1.807, 2.05) is 19.1 Å². The van der Waals surface area contributed by atoms with Crippen molar-refractivity contribution in [1.29, 1.82) is 0 Å². The summed E-state index contributed by atoms with van der Waals surface area (Å²) in [4.78, 5) is 23.9. The molecule has 1 aliphatic carbocycles. The average Bonchev–Trinajstić information content (AvgIpc) is 2.39. The fraction of sp³-hybridized carbons (Fsp3) is 0.200. The third kappa shape index (κ3) is 1.99. The fourth-order valence-electron chi connectivity index (χ4n) is 2.01. The van der Waals surface area contributed by atoms with Gasteiger partial charge in [0, 0.05) is 5.56 Å². The second-order valence-corrected chi connectivity index (χ2v) is 4.46. The maximum absolute atomic E-state index is 12.4. The normalized spacial score (nSPS) is 21.8.